The van der Waals surface area contributed by atoms with E-state index in [0.717, 1.165) is 49.9 Å². The summed E-state index contributed by atoms with van der Waals surface area (Å²) in [5.41, 5.74) is 5.28. The SMILES string of the molecule is CCCC[C@@H](NC(=O)C12CC3CC(CC(C3)C1)C2)C(N)=O. The van der Waals surface area contributed by atoms with Crippen molar-refractivity contribution in [2.45, 2.75) is 70.8 Å². The highest BCUT2D eigenvalue weighted by molar-refractivity contribution is 5.89. The van der Waals surface area contributed by atoms with Crippen LogP contribution in [0.15, 0.2) is 0 Å². The number of hydrogen-bond donors (Lipinski definition) is 2. The van der Waals surface area contributed by atoms with Gasteiger partial charge in [-0.3, -0.25) is 9.59 Å². The van der Waals surface area contributed by atoms with E-state index in [2.05, 4.69) is 12.2 Å². The second-order valence-corrected chi connectivity index (χ2v) is 7.77. The molecule has 4 bridgehead atoms. The molecule has 21 heavy (non-hydrogen) atoms. The summed E-state index contributed by atoms with van der Waals surface area (Å²) in [5, 5.41) is 2.99. The van der Waals surface area contributed by atoms with Gasteiger partial charge in [-0.1, -0.05) is 19.8 Å². The Morgan fingerprint density at radius 2 is 1.67 bits per heavy atom. The van der Waals surface area contributed by atoms with Crippen LogP contribution in [0, 0.1) is 23.2 Å². The summed E-state index contributed by atoms with van der Waals surface area (Å²) in [6.45, 7) is 2.08. The first-order valence-electron chi connectivity index (χ1n) is 8.62. The van der Waals surface area contributed by atoms with E-state index in [1.807, 2.05) is 0 Å². The number of amides is 2. The predicted octanol–water partition coefficient (Wildman–Crippen LogP) is 2.36. The third kappa shape index (κ3) is 2.82. The summed E-state index contributed by atoms with van der Waals surface area (Å²) in [4.78, 5) is 24.4. The Kier molecular flexibility index (Phi) is 3.98. The van der Waals surface area contributed by atoms with Gasteiger partial charge in [-0.2, -0.15) is 0 Å². The number of nitrogens with two attached hydrogens (primary N) is 1. The molecule has 4 aliphatic rings. The van der Waals surface area contributed by atoms with Crippen molar-refractivity contribution in [3.8, 4) is 0 Å². The molecule has 4 heteroatoms. The summed E-state index contributed by atoms with van der Waals surface area (Å²) in [6, 6.07) is -0.481. The minimum atomic E-state index is -0.481. The second kappa shape index (κ2) is 5.62. The standard InChI is InChI=1S/C17H28N2O2/c1-2-3-4-14(15(18)20)19-16(21)17-8-11-5-12(9-17)7-13(6-11)10-17/h11-14H,2-10H2,1H3,(H2,18,20)(H,19,21)/t11?,12?,13?,14-,17?/m1/s1. The van der Waals surface area contributed by atoms with E-state index in [1.54, 1.807) is 0 Å². The molecular weight excluding hydrogens is 264 g/mol. The van der Waals surface area contributed by atoms with Gasteiger partial charge in [-0.05, 0) is 62.7 Å². The summed E-state index contributed by atoms with van der Waals surface area (Å²) in [7, 11) is 0. The molecule has 4 nitrogen and oxygen atoms in total. The fourth-order valence-corrected chi connectivity index (χ4v) is 5.39. The van der Waals surface area contributed by atoms with Crippen molar-refractivity contribution in [1.29, 1.82) is 0 Å². The van der Waals surface area contributed by atoms with E-state index in [0.29, 0.717) is 6.42 Å². The number of nitrogens with one attached hydrogen (secondary N) is 1. The van der Waals surface area contributed by atoms with Gasteiger partial charge in [0.2, 0.25) is 11.8 Å². The van der Waals surface area contributed by atoms with Crippen molar-refractivity contribution in [1.82, 2.24) is 5.32 Å². The number of unbranched alkanes of at least 4 members (excludes halogenated alkanes) is 1. The zero-order chi connectivity index (χ0) is 15.0. The third-order valence-corrected chi connectivity index (χ3v) is 6.02. The summed E-state index contributed by atoms with van der Waals surface area (Å²) in [6.07, 6.45) is 9.67. The minimum Gasteiger partial charge on any atom is -0.368 e. The summed E-state index contributed by atoms with van der Waals surface area (Å²) in [5.74, 6) is 1.95. The van der Waals surface area contributed by atoms with E-state index in [-0.39, 0.29) is 17.2 Å². The van der Waals surface area contributed by atoms with Gasteiger partial charge in [0.25, 0.3) is 0 Å². The average Bonchev–Trinajstić information content (AvgIpc) is 2.41. The Morgan fingerprint density at radius 1 is 1.14 bits per heavy atom. The monoisotopic (exact) mass is 292 g/mol. The molecule has 0 aliphatic heterocycles. The highest BCUT2D eigenvalue weighted by atomic mass is 16.2. The number of carbonyl (C=O) groups is 2. The zero-order valence-electron chi connectivity index (χ0n) is 13.1. The van der Waals surface area contributed by atoms with Crippen LogP contribution in [0.5, 0.6) is 0 Å². The van der Waals surface area contributed by atoms with E-state index in [1.165, 1.54) is 19.3 Å². The van der Waals surface area contributed by atoms with Crippen LogP contribution >= 0.6 is 0 Å². The molecule has 4 rings (SSSR count). The molecule has 0 saturated heterocycles. The lowest BCUT2D eigenvalue weighted by molar-refractivity contribution is -0.148. The smallest absolute Gasteiger partial charge is 0.239 e. The predicted molar refractivity (Wildman–Crippen MR) is 81.3 cm³/mol. The van der Waals surface area contributed by atoms with Gasteiger partial charge >= 0.3 is 0 Å². The molecule has 4 aliphatic carbocycles. The van der Waals surface area contributed by atoms with Crippen molar-refractivity contribution in [2.24, 2.45) is 28.9 Å². The maximum Gasteiger partial charge on any atom is 0.239 e. The van der Waals surface area contributed by atoms with Crippen LogP contribution in [0.2, 0.25) is 0 Å². The summed E-state index contributed by atoms with van der Waals surface area (Å²) >= 11 is 0. The maximum absolute atomic E-state index is 12.9. The minimum absolute atomic E-state index is 0.113. The van der Waals surface area contributed by atoms with Gasteiger partial charge in [0.1, 0.15) is 6.04 Å². The third-order valence-electron chi connectivity index (χ3n) is 6.02. The first-order valence-corrected chi connectivity index (χ1v) is 8.62. The first kappa shape index (κ1) is 14.9. The van der Waals surface area contributed by atoms with Gasteiger partial charge in [0, 0.05) is 5.41 Å². The van der Waals surface area contributed by atoms with Crippen LogP contribution in [0.3, 0.4) is 0 Å². The molecule has 0 aromatic carbocycles. The van der Waals surface area contributed by atoms with Crippen LogP contribution in [-0.4, -0.2) is 17.9 Å². The van der Waals surface area contributed by atoms with Crippen LogP contribution in [0.4, 0.5) is 0 Å². The molecule has 0 aromatic heterocycles. The molecule has 4 saturated carbocycles. The van der Waals surface area contributed by atoms with Gasteiger partial charge in [0.15, 0.2) is 0 Å². The molecule has 2 amide bonds. The van der Waals surface area contributed by atoms with Crippen LogP contribution < -0.4 is 11.1 Å². The van der Waals surface area contributed by atoms with Crippen molar-refractivity contribution < 1.29 is 9.59 Å². The lowest BCUT2D eigenvalue weighted by Gasteiger charge is -2.55. The van der Waals surface area contributed by atoms with Crippen LogP contribution in [-0.2, 0) is 9.59 Å². The fourth-order valence-electron chi connectivity index (χ4n) is 5.39. The van der Waals surface area contributed by atoms with Gasteiger partial charge in [0.05, 0.1) is 0 Å². The topological polar surface area (TPSA) is 72.2 Å². The molecule has 1 atom stereocenters. The van der Waals surface area contributed by atoms with E-state index in [4.69, 9.17) is 5.73 Å². The zero-order valence-corrected chi connectivity index (χ0v) is 13.1. The number of rotatable bonds is 6. The van der Waals surface area contributed by atoms with Crippen molar-refractivity contribution >= 4 is 11.8 Å². The van der Waals surface area contributed by atoms with Crippen LogP contribution in [0.25, 0.3) is 0 Å². The Balaban J connectivity index is 1.68. The normalized spacial score (nSPS) is 38.2. The number of carbonyl (C=O) groups excluding carboxylic acids is 2. The maximum atomic E-state index is 12.9. The van der Waals surface area contributed by atoms with Gasteiger partial charge in [-0.15, -0.1) is 0 Å². The molecule has 0 aromatic rings. The molecule has 0 spiro atoms. The lowest BCUT2D eigenvalue weighted by Crippen LogP contribution is -2.56. The lowest BCUT2D eigenvalue weighted by atomic mass is 9.49. The van der Waals surface area contributed by atoms with E-state index in [9.17, 15) is 9.59 Å². The molecule has 118 valence electrons. The van der Waals surface area contributed by atoms with Crippen molar-refractivity contribution in [3.05, 3.63) is 0 Å². The summed E-state index contributed by atoms with van der Waals surface area (Å²) < 4.78 is 0. The number of hydrogen-bond acceptors (Lipinski definition) is 2. The van der Waals surface area contributed by atoms with E-state index >= 15 is 0 Å². The van der Waals surface area contributed by atoms with E-state index < -0.39 is 6.04 Å². The highest BCUT2D eigenvalue weighted by Crippen LogP contribution is 2.60. The number of primary amides is 1. The Bertz CT molecular complexity index is 397. The molecule has 0 unspecified atom stereocenters. The Labute approximate surface area is 127 Å². The van der Waals surface area contributed by atoms with Gasteiger partial charge in [-0.25, -0.2) is 0 Å². The molecule has 0 radical (unpaired) electrons. The fraction of sp³-hybridized carbons (Fsp3) is 0.882. The second-order valence-electron chi connectivity index (χ2n) is 7.77. The molecule has 3 N–H and O–H groups in total. The molecule has 4 fully saturated rings. The Hall–Kier alpha value is -1.06. The average molecular weight is 292 g/mol. The largest absolute Gasteiger partial charge is 0.368 e. The van der Waals surface area contributed by atoms with Crippen LogP contribution in [0.1, 0.15) is 64.7 Å². The first-order chi connectivity index (χ1) is 10.0. The molecular formula is C17H28N2O2. The Morgan fingerprint density at radius 3 is 2.10 bits per heavy atom. The quantitative estimate of drug-likeness (QED) is 0.789. The van der Waals surface area contributed by atoms with Gasteiger partial charge < -0.3 is 11.1 Å². The van der Waals surface area contributed by atoms with Crippen molar-refractivity contribution in [3.63, 3.8) is 0 Å². The molecule has 0 heterocycles. The van der Waals surface area contributed by atoms with Crippen molar-refractivity contribution in [2.75, 3.05) is 0 Å². The highest BCUT2D eigenvalue weighted by Gasteiger charge is 2.54.